The number of hydrogen-bond acceptors (Lipinski definition) is 7. The molecular weight excluding hydrogens is 725 g/mol. The maximum absolute atomic E-state index is 14.2. The smallest absolute Gasteiger partial charge is 0.290 e. The number of fused-ring (bicyclic) bond motifs is 1. The van der Waals surface area contributed by atoms with Crippen LogP contribution < -0.4 is 32.7 Å². The minimum Gasteiger partial charge on any atom is -0.370 e. The Bertz CT molecular complexity index is 1820. The van der Waals surface area contributed by atoms with Crippen molar-refractivity contribution in [1.29, 1.82) is 0 Å². The van der Waals surface area contributed by atoms with Crippen molar-refractivity contribution in [2.24, 2.45) is 16.5 Å². The number of rotatable bonds is 10. The predicted octanol–water partition coefficient (Wildman–Crippen LogP) is 2.21. The maximum atomic E-state index is 14.2. The number of aliphatic imine (C=N–C) groups is 1. The van der Waals surface area contributed by atoms with Gasteiger partial charge in [-0.1, -0.05) is 97.4 Å². The van der Waals surface area contributed by atoms with Gasteiger partial charge in [-0.3, -0.25) is 33.8 Å². The first-order chi connectivity index (χ1) is 27.6. The van der Waals surface area contributed by atoms with E-state index in [1.807, 2.05) is 91.0 Å². The van der Waals surface area contributed by atoms with Crippen LogP contribution >= 0.6 is 0 Å². The lowest BCUT2D eigenvalue weighted by molar-refractivity contribution is -0.144. The van der Waals surface area contributed by atoms with Crippen LogP contribution in [-0.4, -0.2) is 90.0 Å². The molecule has 8 N–H and O–H groups in total. The molecule has 14 heteroatoms. The van der Waals surface area contributed by atoms with Crippen LogP contribution in [0.5, 0.6) is 0 Å². The Kier molecular flexibility index (Phi) is 15.7. The third kappa shape index (κ3) is 12.5. The Morgan fingerprint density at radius 2 is 1.37 bits per heavy atom. The Hall–Kier alpha value is -6.05. The first-order valence-corrected chi connectivity index (χ1v) is 19.8. The lowest BCUT2D eigenvalue weighted by atomic mass is 9.85. The minimum absolute atomic E-state index is 0.00957. The van der Waals surface area contributed by atoms with Gasteiger partial charge >= 0.3 is 0 Å². The van der Waals surface area contributed by atoms with Crippen LogP contribution in [0.2, 0.25) is 0 Å². The summed E-state index contributed by atoms with van der Waals surface area (Å²) in [5.41, 5.74) is 13.7. The number of ketones is 1. The Labute approximate surface area is 333 Å². The van der Waals surface area contributed by atoms with E-state index in [2.05, 4.69) is 26.3 Å². The van der Waals surface area contributed by atoms with Crippen LogP contribution in [0.15, 0.2) is 96.0 Å². The average Bonchev–Trinajstić information content (AvgIpc) is 3.72. The molecule has 2 saturated heterocycles. The summed E-state index contributed by atoms with van der Waals surface area (Å²) in [5.74, 6) is -4.17. The number of hydrogen-bond donors (Lipinski definition) is 6. The first kappa shape index (κ1) is 42.1. The summed E-state index contributed by atoms with van der Waals surface area (Å²) in [6.07, 6.45) is 3.35. The third-order valence-electron chi connectivity index (χ3n) is 10.4. The summed E-state index contributed by atoms with van der Waals surface area (Å²) in [6.45, 7) is 0.693. The molecule has 0 unspecified atom stereocenters. The fourth-order valence-electron chi connectivity index (χ4n) is 7.47. The quantitative estimate of drug-likeness (QED) is 0.0774. The summed E-state index contributed by atoms with van der Waals surface area (Å²) in [6, 6.07) is 24.2. The number of carbonyl (C=O) groups excluding carboxylic acids is 6. The van der Waals surface area contributed by atoms with Crippen LogP contribution in [0.3, 0.4) is 0 Å². The van der Waals surface area contributed by atoms with Gasteiger partial charge in [-0.15, -0.1) is 0 Å². The number of Topliss-reactive ketones (excluding diaryl/α,β-unsaturated/α-hetero) is 1. The van der Waals surface area contributed by atoms with Gasteiger partial charge in [-0.25, -0.2) is 0 Å². The zero-order valence-corrected chi connectivity index (χ0v) is 32.2. The van der Waals surface area contributed by atoms with Gasteiger partial charge in [0.25, 0.3) is 5.91 Å². The number of nitrogens with zero attached hydrogens (tertiary/aromatic N) is 2. The normalized spacial score (nSPS) is 21.8. The van der Waals surface area contributed by atoms with E-state index in [0.717, 1.165) is 16.7 Å². The zero-order valence-electron chi connectivity index (χ0n) is 32.2. The predicted molar refractivity (Wildman–Crippen MR) is 216 cm³/mol. The largest absolute Gasteiger partial charge is 0.370 e. The molecule has 0 radical (unpaired) electrons. The Morgan fingerprint density at radius 3 is 2.02 bits per heavy atom. The lowest BCUT2D eigenvalue weighted by Gasteiger charge is -2.30. The molecule has 0 spiro atoms. The molecule has 5 amide bonds. The highest BCUT2D eigenvalue weighted by Gasteiger charge is 2.40. The van der Waals surface area contributed by atoms with E-state index in [4.69, 9.17) is 11.5 Å². The Balaban J connectivity index is 1.43. The van der Waals surface area contributed by atoms with Gasteiger partial charge in [-0.2, -0.15) is 0 Å². The molecule has 4 atom stereocenters. The molecule has 2 heterocycles. The summed E-state index contributed by atoms with van der Waals surface area (Å²) in [7, 11) is 0. The molecule has 2 aliphatic heterocycles. The average molecular weight is 779 g/mol. The molecule has 302 valence electrons. The maximum Gasteiger partial charge on any atom is 0.290 e. The monoisotopic (exact) mass is 778 g/mol. The summed E-state index contributed by atoms with van der Waals surface area (Å²) in [5, 5.41) is 11.3. The van der Waals surface area contributed by atoms with Crippen LogP contribution in [0, 0.1) is 0 Å². The molecule has 0 aromatic heterocycles. The minimum atomic E-state index is -1.31. The van der Waals surface area contributed by atoms with Gasteiger partial charge < -0.3 is 37.6 Å². The second-order valence-corrected chi connectivity index (χ2v) is 14.6. The lowest BCUT2D eigenvalue weighted by Crippen LogP contribution is -2.57. The fourth-order valence-corrected chi connectivity index (χ4v) is 7.47. The molecule has 0 bridgehead atoms. The molecular formula is C43H54N8O6. The Morgan fingerprint density at radius 1 is 0.719 bits per heavy atom. The van der Waals surface area contributed by atoms with Crippen molar-refractivity contribution in [3.05, 3.63) is 108 Å². The van der Waals surface area contributed by atoms with Crippen LogP contribution in [0.4, 0.5) is 0 Å². The highest BCUT2D eigenvalue weighted by atomic mass is 16.2. The van der Waals surface area contributed by atoms with Crippen molar-refractivity contribution in [1.82, 2.24) is 26.2 Å². The molecule has 0 saturated carbocycles. The standard InChI is InChI=1S/C43H54N8O6/c44-43(45)47-25-13-21-33-38(53)41(56)50-34(28-32(30-17-7-2-8-18-30)31-19-9-3-10-20-31)39(54)46-24-12-4-11-23-37(52)48-35(27-29-15-5-1-6-16-29)42(57)51-26-14-22-36(51)40(55)49-33/h1-3,5-10,15-20,32-36H,4,11-14,21-28H2,(H,46,54)(H,48,52)(H,49,55)(H,50,56)(H4,44,45,47)/t33-,34+,35+,36-/m1/s1. The fraction of sp³-hybridized carbons (Fsp3) is 0.419. The van der Waals surface area contributed by atoms with E-state index in [0.29, 0.717) is 32.1 Å². The van der Waals surface area contributed by atoms with Crippen LogP contribution in [0.25, 0.3) is 0 Å². The molecule has 3 aromatic rings. The van der Waals surface area contributed by atoms with Crippen molar-refractivity contribution in [2.75, 3.05) is 19.6 Å². The van der Waals surface area contributed by atoms with Gasteiger partial charge in [0.15, 0.2) is 5.96 Å². The number of nitrogens with one attached hydrogen (secondary N) is 4. The molecule has 2 aliphatic rings. The van der Waals surface area contributed by atoms with Crippen molar-refractivity contribution in [2.45, 2.75) is 94.3 Å². The number of nitrogens with two attached hydrogens (primary N) is 2. The van der Waals surface area contributed by atoms with Crippen LogP contribution in [0.1, 0.15) is 80.4 Å². The van der Waals surface area contributed by atoms with Crippen LogP contribution in [-0.2, 0) is 35.2 Å². The number of carbonyl (C=O) groups is 6. The highest BCUT2D eigenvalue weighted by Crippen LogP contribution is 2.29. The highest BCUT2D eigenvalue weighted by molar-refractivity contribution is 6.38. The molecule has 5 rings (SSSR count). The van der Waals surface area contributed by atoms with E-state index < -0.39 is 53.6 Å². The molecule has 3 aromatic carbocycles. The molecule has 2 fully saturated rings. The van der Waals surface area contributed by atoms with Gasteiger partial charge in [0.1, 0.15) is 18.1 Å². The summed E-state index contributed by atoms with van der Waals surface area (Å²) in [4.78, 5) is 88.7. The second-order valence-electron chi connectivity index (χ2n) is 14.6. The second kappa shape index (κ2) is 21.3. The van der Waals surface area contributed by atoms with E-state index in [-0.39, 0.29) is 69.5 Å². The summed E-state index contributed by atoms with van der Waals surface area (Å²) < 4.78 is 0. The number of benzene rings is 3. The summed E-state index contributed by atoms with van der Waals surface area (Å²) >= 11 is 0. The van der Waals surface area contributed by atoms with Crippen molar-refractivity contribution in [3.8, 4) is 0 Å². The SMILES string of the molecule is NC(N)=NCCC[C@H]1NC(=O)[C@H]2CCCN2C(=O)[C@H](Cc2ccccc2)NC(=O)CCCCCNC(=O)[C@H](CC(c2ccccc2)c2ccccc2)NC(=O)C1=O. The molecule has 14 nitrogen and oxygen atoms in total. The molecule has 57 heavy (non-hydrogen) atoms. The zero-order chi connectivity index (χ0) is 40.6. The van der Waals surface area contributed by atoms with Gasteiger partial charge in [0.05, 0.1) is 6.04 Å². The van der Waals surface area contributed by atoms with E-state index in [9.17, 15) is 28.8 Å². The van der Waals surface area contributed by atoms with E-state index >= 15 is 0 Å². The van der Waals surface area contributed by atoms with Gasteiger partial charge in [-0.05, 0) is 61.6 Å². The van der Waals surface area contributed by atoms with Crippen molar-refractivity contribution >= 4 is 41.3 Å². The van der Waals surface area contributed by atoms with Gasteiger partial charge in [0, 0.05) is 38.4 Å². The van der Waals surface area contributed by atoms with E-state index in [1.165, 1.54) is 4.90 Å². The third-order valence-corrected chi connectivity index (χ3v) is 10.4. The van der Waals surface area contributed by atoms with Gasteiger partial charge in [0.2, 0.25) is 29.4 Å². The molecule has 0 aliphatic carbocycles. The first-order valence-electron chi connectivity index (χ1n) is 19.8. The van der Waals surface area contributed by atoms with E-state index in [1.54, 1.807) is 0 Å². The topological polar surface area (TPSA) is 218 Å². The number of guanidine groups is 1. The number of amides is 5. The van der Waals surface area contributed by atoms with Crippen molar-refractivity contribution in [3.63, 3.8) is 0 Å². The van der Waals surface area contributed by atoms with Crippen molar-refractivity contribution < 1.29 is 28.8 Å².